The van der Waals surface area contributed by atoms with Crippen LogP contribution >= 0.6 is 18.7 Å². The van der Waals surface area contributed by atoms with Gasteiger partial charge in [0.2, 0.25) is 5.95 Å². The van der Waals surface area contributed by atoms with Gasteiger partial charge in [-0.15, -0.1) is 10.2 Å². The second kappa shape index (κ2) is 10.9. The Kier molecular flexibility index (Phi) is 8.41. The first-order valence-electron chi connectivity index (χ1n) is 11.1. The van der Waals surface area contributed by atoms with Gasteiger partial charge in [-0.3, -0.25) is 0 Å². The molecule has 0 bridgehead atoms. The quantitative estimate of drug-likeness (QED) is 0.334. The van der Waals surface area contributed by atoms with Crippen molar-refractivity contribution in [2.45, 2.75) is 37.8 Å². The fraction of sp³-hybridized carbons (Fsp3) is 0.348. The van der Waals surface area contributed by atoms with E-state index in [9.17, 15) is 13.0 Å². The van der Waals surface area contributed by atoms with E-state index in [0.717, 1.165) is 0 Å². The molecule has 12 heteroatoms. The largest absolute Gasteiger partial charge is 0.494 e. The third kappa shape index (κ3) is 5.60. The van der Waals surface area contributed by atoms with Crippen LogP contribution in [0.3, 0.4) is 0 Å². The van der Waals surface area contributed by atoms with Gasteiger partial charge in [-0.1, -0.05) is 43.6 Å². The molecule has 0 amide bonds. The Bertz CT molecular complexity index is 1360. The second-order valence-corrected chi connectivity index (χ2v) is 14.4. The van der Waals surface area contributed by atoms with Gasteiger partial charge in [0.05, 0.1) is 33.9 Å². The van der Waals surface area contributed by atoms with Crippen LogP contribution in [0.15, 0.2) is 47.4 Å². The van der Waals surface area contributed by atoms with Gasteiger partial charge in [0.25, 0.3) is 0 Å². The number of ether oxygens (including phenoxy) is 1. The number of para-hydroxylation sites is 2. The van der Waals surface area contributed by atoms with Crippen LogP contribution in [-0.2, 0) is 14.4 Å². The molecule has 0 saturated heterocycles. The van der Waals surface area contributed by atoms with Crippen molar-refractivity contribution in [2.75, 3.05) is 30.1 Å². The lowest BCUT2D eigenvalue weighted by atomic mass is 10.3. The van der Waals surface area contributed by atoms with Crippen LogP contribution in [0.25, 0.3) is 0 Å². The molecule has 1 heterocycles. The monoisotopic (exact) mass is 537 g/mol. The topological polar surface area (TPSA) is 123 Å². The average Bonchev–Trinajstić information content (AvgIpc) is 2.85. The summed E-state index contributed by atoms with van der Waals surface area (Å²) in [7, 11) is -4.67. The predicted molar refractivity (Wildman–Crippen MR) is 141 cm³/mol. The van der Waals surface area contributed by atoms with Crippen LogP contribution in [-0.4, -0.2) is 48.3 Å². The Morgan fingerprint density at radius 2 is 1.66 bits per heavy atom. The summed E-state index contributed by atoms with van der Waals surface area (Å²) in [5.41, 5.74) is 0.839. The maximum absolute atomic E-state index is 13.4. The first-order chi connectivity index (χ1) is 16.6. The third-order valence-corrected chi connectivity index (χ3v) is 11.4. The van der Waals surface area contributed by atoms with E-state index in [1.54, 1.807) is 50.2 Å². The fourth-order valence-corrected chi connectivity index (χ4v) is 6.89. The standard InChI is InChI=1S/C23H29ClN5O4PS/c1-6-34(30,7-2)18-13-10-12-17(20(18)33-5)26-23-27-22(21(24)28-29-23)25-16-11-8-9-14-19(16)35(31,32)15(3)4/h8-15H,6-7H2,1-5H3,(H2,25,26,27,29). The van der Waals surface area contributed by atoms with Gasteiger partial charge in [0.1, 0.15) is 7.14 Å². The Morgan fingerprint density at radius 1 is 1.00 bits per heavy atom. The minimum Gasteiger partial charge on any atom is -0.494 e. The van der Waals surface area contributed by atoms with Crippen molar-refractivity contribution >= 4 is 57.0 Å². The smallest absolute Gasteiger partial charge is 0.249 e. The molecule has 2 N–H and O–H groups in total. The van der Waals surface area contributed by atoms with Crippen LogP contribution in [0.2, 0.25) is 5.15 Å². The van der Waals surface area contributed by atoms with E-state index in [4.69, 9.17) is 16.3 Å². The molecule has 0 unspecified atom stereocenters. The predicted octanol–water partition coefficient (Wildman–Crippen LogP) is 5.23. The number of hydrogen-bond donors (Lipinski definition) is 2. The molecule has 0 aliphatic rings. The van der Waals surface area contributed by atoms with Crippen molar-refractivity contribution in [1.29, 1.82) is 0 Å². The molecule has 2 aromatic carbocycles. The Balaban J connectivity index is 2.00. The molecule has 3 rings (SSSR count). The summed E-state index contributed by atoms with van der Waals surface area (Å²) in [6.45, 7) is 7.02. The van der Waals surface area contributed by atoms with Gasteiger partial charge in [0, 0.05) is 12.3 Å². The number of nitrogens with one attached hydrogen (secondary N) is 2. The molecule has 0 atom stereocenters. The van der Waals surface area contributed by atoms with Crippen LogP contribution < -0.4 is 20.7 Å². The van der Waals surface area contributed by atoms with Crippen LogP contribution in [0.1, 0.15) is 27.7 Å². The number of hydrogen-bond acceptors (Lipinski definition) is 9. The lowest BCUT2D eigenvalue weighted by Crippen LogP contribution is -2.16. The number of halogens is 1. The third-order valence-electron chi connectivity index (χ3n) is 5.62. The van der Waals surface area contributed by atoms with Crippen molar-refractivity contribution in [3.05, 3.63) is 47.6 Å². The van der Waals surface area contributed by atoms with Gasteiger partial charge in [-0.25, -0.2) is 8.42 Å². The first-order valence-corrected chi connectivity index (χ1v) is 15.1. The zero-order valence-electron chi connectivity index (χ0n) is 20.2. The number of benzene rings is 2. The minimum atomic E-state index is -3.56. The highest BCUT2D eigenvalue weighted by Crippen LogP contribution is 2.47. The molecule has 1 aromatic heterocycles. The number of aromatic nitrogens is 3. The van der Waals surface area contributed by atoms with Gasteiger partial charge in [-0.2, -0.15) is 4.98 Å². The fourth-order valence-electron chi connectivity index (χ4n) is 3.49. The lowest BCUT2D eigenvalue weighted by Gasteiger charge is -2.20. The summed E-state index contributed by atoms with van der Waals surface area (Å²) in [5, 5.41) is 14.0. The SMILES string of the molecule is CCP(=O)(CC)c1cccc(Nc2nnc(Cl)c(Nc3ccccc3S(=O)(=O)C(C)C)n2)c1OC. The van der Waals surface area contributed by atoms with E-state index in [1.165, 1.54) is 13.2 Å². The van der Waals surface area contributed by atoms with E-state index in [2.05, 4.69) is 25.8 Å². The number of nitrogens with zero attached hydrogens (tertiary/aromatic N) is 3. The molecule has 0 aliphatic carbocycles. The maximum Gasteiger partial charge on any atom is 0.249 e. The van der Waals surface area contributed by atoms with Gasteiger partial charge in [0.15, 0.2) is 26.6 Å². The minimum absolute atomic E-state index is 0.0329. The molecule has 0 aliphatic heterocycles. The molecule has 0 spiro atoms. The molecule has 0 fully saturated rings. The summed E-state index contributed by atoms with van der Waals surface area (Å²) in [4.78, 5) is 4.52. The van der Waals surface area contributed by atoms with Crippen LogP contribution in [0, 0.1) is 0 Å². The summed E-state index contributed by atoms with van der Waals surface area (Å²) in [5.74, 6) is 0.666. The normalized spacial score (nSPS) is 12.0. The van der Waals surface area contributed by atoms with E-state index < -0.39 is 22.2 Å². The average molecular weight is 538 g/mol. The Labute approximate surface area is 211 Å². The molecular formula is C23H29ClN5O4PS. The lowest BCUT2D eigenvalue weighted by molar-refractivity contribution is 0.419. The molecule has 188 valence electrons. The maximum atomic E-state index is 13.4. The molecule has 35 heavy (non-hydrogen) atoms. The summed E-state index contributed by atoms with van der Waals surface area (Å²) >= 11 is 6.22. The van der Waals surface area contributed by atoms with Gasteiger partial charge >= 0.3 is 0 Å². The first kappa shape index (κ1) is 26.9. The van der Waals surface area contributed by atoms with E-state index in [0.29, 0.717) is 34.8 Å². The zero-order chi connectivity index (χ0) is 25.8. The Hall–Kier alpha value is -2.68. The number of methoxy groups -OCH3 is 1. The van der Waals surface area contributed by atoms with Crippen molar-refractivity contribution in [1.82, 2.24) is 15.2 Å². The van der Waals surface area contributed by atoms with E-state index in [-0.39, 0.29) is 21.8 Å². The van der Waals surface area contributed by atoms with Gasteiger partial charge < -0.3 is 19.9 Å². The zero-order valence-corrected chi connectivity index (χ0v) is 22.7. The van der Waals surface area contributed by atoms with Crippen molar-refractivity contribution in [2.24, 2.45) is 0 Å². The summed E-state index contributed by atoms with van der Waals surface area (Å²) in [6.07, 6.45) is 1.02. The highest BCUT2D eigenvalue weighted by atomic mass is 35.5. The number of anilines is 4. The molecular weight excluding hydrogens is 509 g/mol. The summed E-state index contributed by atoms with van der Waals surface area (Å²) < 4.78 is 44.6. The van der Waals surface area contributed by atoms with Crippen molar-refractivity contribution in [3.63, 3.8) is 0 Å². The number of rotatable bonds is 10. The highest BCUT2D eigenvalue weighted by molar-refractivity contribution is 7.92. The summed E-state index contributed by atoms with van der Waals surface area (Å²) in [6, 6.07) is 11.9. The van der Waals surface area contributed by atoms with E-state index >= 15 is 0 Å². The van der Waals surface area contributed by atoms with Crippen molar-refractivity contribution in [3.8, 4) is 5.75 Å². The molecule has 3 aromatic rings. The van der Waals surface area contributed by atoms with Crippen LogP contribution in [0.5, 0.6) is 5.75 Å². The number of sulfone groups is 1. The van der Waals surface area contributed by atoms with Crippen molar-refractivity contribution < 1.29 is 17.7 Å². The molecule has 9 nitrogen and oxygen atoms in total. The molecule has 0 saturated carbocycles. The second-order valence-electron chi connectivity index (χ2n) is 7.99. The van der Waals surface area contributed by atoms with Crippen LogP contribution in [0.4, 0.5) is 23.1 Å². The van der Waals surface area contributed by atoms with Gasteiger partial charge in [-0.05, 0) is 38.1 Å². The Morgan fingerprint density at radius 3 is 2.29 bits per heavy atom. The highest BCUT2D eigenvalue weighted by Gasteiger charge is 2.26. The van der Waals surface area contributed by atoms with E-state index in [1.807, 2.05) is 13.8 Å². The molecule has 0 radical (unpaired) electrons.